The van der Waals surface area contributed by atoms with Gasteiger partial charge in [0.15, 0.2) is 0 Å². The minimum absolute atomic E-state index is 0.338. The number of hydrogen-bond acceptors (Lipinski definition) is 5. The Bertz CT molecular complexity index is 345. The molecule has 3 atom stereocenters. The molecule has 1 aliphatic rings. The maximum absolute atomic E-state index is 9.89. The van der Waals surface area contributed by atoms with Crippen LogP contribution in [0.15, 0.2) is 11.7 Å². The van der Waals surface area contributed by atoms with E-state index in [1.165, 1.54) is 24.1 Å². The summed E-state index contributed by atoms with van der Waals surface area (Å²) in [5.74, 6) is 0.631. The molecule has 4 nitrogen and oxygen atoms in total. The zero-order valence-corrected chi connectivity index (χ0v) is 12.4. The molecule has 0 bridgehead atoms. The molecule has 1 aromatic rings. The summed E-state index contributed by atoms with van der Waals surface area (Å²) in [6.45, 7) is 4.02. The van der Waals surface area contributed by atoms with E-state index < -0.39 is 6.10 Å². The number of aliphatic hydroxyl groups is 1. The number of hydrogen-bond donors (Lipinski definition) is 2. The molecule has 19 heavy (non-hydrogen) atoms. The first-order chi connectivity index (χ1) is 9.25. The van der Waals surface area contributed by atoms with Crippen molar-refractivity contribution in [3.8, 4) is 0 Å². The predicted octanol–water partition coefficient (Wildman–Crippen LogP) is 2.19. The number of rotatable bonds is 7. The van der Waals surface area contributed by atoms with Crippen LogP contribution in [0.4, 0.5) is 0 Å². The fraction of sp³-hybridized carbons (Fsp3) is 0.786. The van der Waals surface area contributed by atoms with Crippen LogP contribution in [0.25, 0.3) is 0 Å². The third-order valence-electron chi connectivity index (χ3n) is 3.70. The maximum atomic E-state index is 9.89. The molecule has 0 aromatic carbocycles. The fourth-order valence-corrected chi connectivity index (χ4v) is 3.08. The Hall–Kier alpha value is -0.490. The number of ether oxygens (including phenoxy) is 1. The van der Waals surface area contributed by atoms with E-state index >= 15 is 0 Å². The number of nitrogens with zero attached hydrogens (tertiary/aromatic N) is 1. The van der Waals surface area contributed by atoms with Crippen LogP contribution in [0.5, 0.6) is 0 Å². The highest BCUT2D eigenvalue weighted by Crippen LogP contribution is 2.26. The summed E-state index contributed by atoms with van der Waals surface area (Å²) in [6.07, 6.45) is 6.73. The van der Waals surface area contributed by atoms with Gasteiger partial charge in [-0.05, 0) is 18.8 Å². The van der Waals surface area contributed by atoms with Gasteiger partial charge < -0.3 is 15.2 Å². The van der Waals surface area contributed by atoms with Crippen LogP contribution in [-0.4, -0.2) is 35.5 Å². The van der Waals surface area contributed by atoms with E-state index in [1.807, 2.05) is 11.7 Å². The molecule has 1 aromatic heterocycles. The average Bonchev–Trinajstić information content (AvgIpc) is 2.91. The quantitative estimate of drug-likeness (QED) is 0.806. The van der Waals surface area contributed by atoms with E-state index in [1.54, 1.807) is 11.3 Å². The van der Waals surface area contributed by atoms with Crippen molar-refractivity contribution in [3.05, 3.63) is 16.6 Å². The summed E-state index contributed by atoms with van der Waals surface area (Å²) in [6, 6.07) is 0. The molecule has 0 amide bonds. The molecule has 2 N–H and O–H groups in total. The summed E-state index contributed by atoms with van der Waals surface area (Å²) >= 11 is 1.62. The Morgan fingerprint density at radius 2 is 2.37 bits per heavy atom. The van der Waals surface area contributed by atoms with Crippen molar-refractivity contribution in [2.75, 3.05) is 13.2 Å². The van der Waals surface area contributed by atoms with Crippen LogP contribution in [0, 0.1) is 5.92 Å². The molecule has 2 rings (SSSR count). The molecule has 1 saturated carbocycles. The summed E-state index contributed by atoms with van der Waals surface area (Å²) in [5.41, 5.74) is 1.82. The molecule has 0 radical (unpaired) electrons. The SMILES string of the molecule is CC1CCCCC1OCC(O)CNCc1cncs1. The van der Waals surface area contributed by atoms with Crippen LogP contribution in [-0.2, 0) is 11.3 Å². The first-order valence-corrected chi connectivity index (χ1v) is 8.01. The molecule has 1 aliphatic carbocycles. The lowest BCUT2D eigenvalue weighted by molar-refractivity contribution is -0.0451. The lowest BCUT2D eigenvalue weighted by Crippen LogP contribution is -2.34. The number of aliphatic hydroxyl groups excluding tert-OH is 1. The first kappa shape index (κ1) is 14.9. The standard InChI is InChI=1S/C14H24N2O2S/c1-11-4-2-3-5-14(11)18-9-12(17)6-15-7-13-8-16-10-19-13/h8,10-12,14-15,17H,2-7,9H2,1H3. The molecule has 0 spiro atoms. The zero-order valence-electron chi connectivity index (χ0n) is 11.5. The van der Waals surface area contributed by atoms with Crippen molar-refractivity contribution < 1.29 is 9.84 Å². The van der Waals surface area contributed by atoms with Gasteiger partial charge in [-0.15, -0.1) is 11.3 Å². The van der Waals surface area contributed by atoms with Gasteiger partial charge >= 0.3 is 0 Å². The lowest BCUT2D eigenvalue weighted by Gasteiger charge is -2.29. The molecule has 1 heterocycles. The van der Waals surface area contributed by atoms with Crippen molar-refractivity contribution in [2.45, 2.75) is 51.4 Å². The summed E-state index contributed by atoms with van der Waals surface area (Å²) < 4.78 is 5.85. The Balaban J connectivity index is 1.57. The normalized spacial score (nSPS) is 25.4. The minimum Gasteiger partial charge on any atom is -0.389 e. The van der Waals surface area contributed by atoms with E-state index in [4.69, 9.17) is 4.74 Å². The first-order valence-electron chi connectivity index (χ1n) is 7.13. The summed E-state index contributed by atoms with van der Waals surface area (Å²) in [4.78, 5) is 5.21. The van der Waals surface area contributed by atoms with Crippen LogP contribution < -0.4 is 5.32 Å². The Morgan fingerprint density at radius 1 is 1.53 bits per heavy atom. The molecule has 0 saturated heterocycles. The van der Waals surface area contributed by atoms with Gasteiger partial charge in [-0.2, -0.15) is 0 Å². The average molecular weight is 284 g/mol. The van der Waals surface area contributed by atoms with E-state index in [0.717, 1.165) is 13.0 Å². The Labute approximate surface area is 119 Å². The van der Waals surface area contributed by atoms with Gasteiger partial charge in [-0.25, -0.2) is 0 Å². The maximum Gasteiger partial charge on any atom is 0.0897 e. The van der Waals surface area contributed by atoms with Gasteiger partial charge in [0.25, 0.3) is 0 Å². The van der Waals surface area contributed by atoms with Crippen molar-refractivity contribution in [1.82, 2.24) is 10.3 Å². The molecule has 0 aliphatic heterocycles. The topological polar surface area (TPSA) is 54.4 Å². The van der Waals surface area contributed by atoms with Gasteiger partial charge in [0.1, 0.15) is 0 Å². The largest absolute Gasteiger partial charge is 0.389 e. The highest BCUT2D eigenvalue weighted by Gasteiger charge is 2.22. The van der Waals surface area contributed by atoms with Gasteiger partial charge in [-0.3, -0.25) is 4.98 Å². The van der Waals surface area contributed by atoms with Gasteiger partial charge in [0.05, 0.1) is 24.3 Å². The number of nitrogens with one attached hydrogen (secondary N) is 1. The second kappa shape index (κ2) is 7.94. The molecular weight excluding hydrogens is 260 g/mol. The smallest absolute Gasteiger partial charge is 0.0897 e. The second-order valence-electron chi connectivity index (χ2n) is 5.39. The second-order valence-corrected chi connectivity index (χ2v) is 6.36. The van der Waals surface area contributed by atoms with Crippen molar-refractivity contribution >= 4 is 11.3 Å². The van der Waals surface area contributed by atoms with Crippen LogP contribution >= 0.6 is 11.3 Å². The van der Waals surface area contributed by atoms with Crippen molar-refractivity contribution in [2.24, 2.45) is 5.92 Å². The molecule has 5 heteroatoms. The predicted molar refractivity (Wildman–Crippen MR) is 77.2 cm³/mol. The molecule has 108 valence electrons. The minimum atomic E-state index is -0.429. The van der Waals surface area contributed by atoms with Gasteiger partial charge in [0.2, 0.25) is 0 Å². The Kier molecular flexibility index (Phi) is 6.23. The molecule has 1 fully saturated rings. The molecular formula is C14H24N2O2S. The van der Waals surface area contributed by atoms with Crippen LogP contribution in [0.1, 0.15) is 37.5 Å². The van der Waals surface area contributed by atoms with Crippen molar-refractivity contribution in [3.63, 3.8) is 0 Å². The van der Waals surface area contributed by atoms with E-state index in [9.17, 15) is 5.11 Å². The van der Waals surface area contributed by atoms with Crippen LogP contribution in [0.2, 0.25) is 0 Å². The third-order valence-corrected chi connectivity index (χ3v) is 4.48. The summed E-state index contributed by atoms with van der Waals surface area (Å²) in [7, 11) is 0. The van der Waals surface area contributed by atoms with E-state index in [2.05, 4.69) is 17.2 Å². The summed E-state index contributed by atoms with van der Waals surface area (Å²) in [5, 5.41) is 13.1. The number of aromatic nitrogens is 1. The fourth-order valence-electron chi connectivity index (χ4n) is 2.51. The Morgan fingerprint density at radius 3 is 3.11 bits per heavy atom. The monoisotopic (exact) mass is 284 g/mol. The van der Waals surface area contributed by atoms with Gasteiger partial charge in [0, 0.05) is 24.2 Å². The zero-order chi connectivity index (χ0) is 13.5. The van der Waals surface area contributed by atoms with E-state index in [0.29, 0.717) is 25.2 Å². The highest BCUT2D eigenvalue weighted by atomic mass is 32.1. The van der Waals surface area contributed by atoms with E-state index in [-0.39, 0.29) is 0 Å². The van der Waals surface area contributed by atoms with Gasteiger partial charge in [-0.1, -0.05) is 19.8 Å². The van der Waals surface area contributed by atoms with Crippen molar-refractivity contribution in [1.29, 1.82) is 0 Å². The van der Waals surface area contributed by atoms with Crippen LogP contribution in [0.3, 0.4) is 0 Å². The lowest BCUT2D eigenvalue weighted by atomic mass is 9.88. The molecule has 3 unspecified atom stereocenters. The highest BCUT2D eigenvalue weighted by molar-refractivity contribution is 7.09. The third kappa shape index (κ3) is 5.18. The number of thiazole rings is 1.